The molecule has 0 saturated carbocycles. The number of rotatable bonds is 4. The number of hydrogen-bond donors (Lipinski definition) is 0. The van der Waals surface area contributed by atoms with E-state index in [2.05, 4.69) is 20.8 Å². The lowest BCUT2D eigenvalue weighted by atomic mass is 9.86. The van der Waals surface area contributed by atoms with E-state index in [4.69, 9.17) is 4.74 Å². The fourth-order valence-corrected chi connectivity index (χ4v) is 3.36. The monoisotopic (exact) mass is 380 g/mol. The van der Waals surface area contributed by atoms with Crippen LogP contribution in [0.3, 0.4) is 0 Å². The fraction of sp³-hybridized carbons (Fsp3) is 0.391. The fourth-order valence-electron chi connectivity index (χ4n) is 3.36. The zero-order valence-electron chi connectivity index (χ0n) is 17.3. The number of nitrogens with zero attached hydrogens (tertiary/aromatic N) is 2. The van der Waals surface area contributed by atoms with Gasteiger partial charge < -0.3 is 9.64 Å². The van der Waals surface area contributed by atoms with Gasteiger partial charge in [-0.05, 0) is 54.7 Å². The molecule has 0 aliphatic carbocycles. The molecule has 0 bridgehead atoms. The van der Waals surface area contributed by atoms with Crippen LogP contribution in [-0.4, -0.2) is 31.5 Å². The first-order valence-electron chi connectivity index (χ1n) is 9.65. The first-order chi connectivity index (χ1) is 13.2. The third kappa shape index (κ3) is 4.03. The molecule has 3 rings (SSSR count). The van der Waals surface area contributed by atoms with Gasteiger partial charge in [-0.25, -0.2) is 0 Å². The van der Waals surface area contributed by atoms with Crippen molar-refractivity contribution in [1.82, 2.24) is 0 Å². The van der Waals surface area contributed by atoms with Gasteiger partial charge in [-0.2, -0.15) is 0 Å². The van der Waals surface area contributed by atoms with Crippen LogP contribution in [0.15, 0.2) is 42.5 Å². The Bertz CT molecular complexity index is 899. The zero-order chi connectivity index (χ0) is 20.5. The molecule has 0 spiro atoms. The molecule has 0 aromatic heterocycles. The number of ether oxygens (including phenoxy) is 1. The van der Waals surface area contributed by atoms with Gasteiger partial charge in [0, 0.05) is 12.2 Å². The van der Waals surface area contributed by atoms with E-state index in [1.807, 2.05) is 56.3 Å². The second-order valence-electron chi connectivity index (χ2n) is 8.18. The topological polar surface area (TPSA) is 49.9 Å². The standard InChI is InChI=1S/C23H28N2O3/c1-6-24(18-9-7-8-16(2)12-18)21(26)14-25-19-11-10-17(23(3,4)5)13-20(19)28-15-22(25)27/h7-13H,6,14-15H2,1-5H3. The molecule has 0 N–H and O–H groups in total. The van der Waals surface area contributed by atoms with E-state index in [0.717, 1.165) is 16.8 Å². The van der Waals surface area contributed by atoms with Gasteiger partial charge in [0.15, 0.2) is 6.61 Å². The molecular weight excluding hydrogens is 352 g/mol. The van der Waals surface area contributed by atoms with Gasteiger partial charge in [0.1, 0.15) is 12.3 Å². The summed E-state index contributed by atoms with van der Waals surface area (Å²) >= 11 is 0. The molecule has 5 nitrogen and oxygen atoms in total. The predicted molar refractivity (Wildman–Crippen MR) is 112 cm³/mol. The molecule has 5 heteroatoms. The average molecular weight is 380 g/mol. The van der Waals surface area contributed by atoms with E-state index in [1.54, 1.807) is 4.90 Å². The van der Waals surface area contributed by atoms with Gasteiger partial charge in [-0.1, -0.05) is 39.0 Å². The Morgan fingerprint density at radius 2 is 1.93 bits per heavy atom. The van der Waals surface area contributed by atoms with Crippen molar-refractivity contribution in [2.45, 2.75) is 40.0 Å². The molecule has 2 amide bonds. The first kappa shape index (κ1) is 19.9. The van der Waals surface area contributed by atoms with Crippen LogP contribution in [0.1, 0.15) is 38.8 Å². The molecule has 0 atom stereocenters. The van der Waals surface area contributed by atoms with Crippen molar-refractivity contribution in [3.8, 4) is 5.75 Å². The number of aryl methyl sites for hydroxylation is 1. The van der Waals surface area contributed by atoms with Gasteiger partial charge in [0.25, 0.3) is 5.91 Å². The van der Waals surface area contributed by atoms with Crippen molar-refractivity contribution in [2.75, 3.05) is 29.5 Å². The Morgan fingerprint density at radius 1 is 1.18 bits per heavy atom. The summed E-state index contributed by atoms with van der Waals surface area (Å²) < 4.78 is 5.65. The van der Waals surface area contributed by atoms with E-state index in [-0.39, 0.29) is 30.4 Å². The number of carbonyl (C=O) groups excluding carboxylic acids is 2. The second-order valence-corrected chi connectivity index (χ2v) is 8.18. The highest BCUT2D eigenvalue weighted by atomic mass is 16.5. The van der Waals surface area contributed by atoms with Crippen LogP contribution in [0.25, 0.3) is 0 Å². The van der Waals surface area contributed by atoms with Crippen LogP contribution < -0.4 is 14.5 Å². The summed E-state index contributed by atoms with van der Waals surface area (Å²) in [6, 6.07) is 13.7. The van der Waals surface area contributed by atoms with Crippen molar-refractivity contribution < 1.29 is 14.3 Å². The zero-order valence-corrected chi connectivity index (χ0v) is 17.3. The largest absolute Gasteiger partial charge is 0.482 e. The molecule has 2 aromatic rings. The van der Waals surface area contributed by atoms with Crippen molar-refractivity contribution in [3.05, 3.63) is 53.6 Å². The van der Waals surface area contributed by atoms with Crippen molar-refractivity contribution in [2.24, 2.45) is 0 Å². The lowest BCUT2D eigenvalue weighted by molar-refractivity contribution is -0.124. The Hall–Kier alpha value is -2.82. The van der Waals surface area contributed by atoms with Crippen LogP contribution in [0.5, 0.6) is 5.75 Å². The van der Waals surface area contributed by atoms with E-state index in [9.17, 15) is 9.59 Å². The molecule has 2 aromatic carbocycles. The highest BCUT2D eigenvalue weighted by molar-refractivity contribution is 6.05. The molecule has 1 aliphatic heterocycles. The summed E-state index contributed by atoms with van der Waals surface area (Å²) in [5, 5.41) is 0. The molecule has 0 radical (unpaired) electrons. The van der Waals surface area contributed by atoms with Gasteiger partial charge in [0.2, 0.25) is 5.91 Å². The molecule has 0 unspecified atom stereocenters. The van der Waals surface area contributed by atoms with Gasteiger partial charge in [0.05, 0.1) is 5.69 Å². The Kier molecular flexibility index (Phi) is 5.45. The number of anilines is 2. The molecule has 0 fully saturated rings. The van der Waals surface area contributed by atoms with Gasteiger partial charge in [-0.15, -0.1) is 0 Å². The molecule has 1 heterocycles. The minimum absolute atomic E-state index is 0.00810. The van der Waals surface area contributed by atoms with Gasteiger partial charge in [-0.3, -0.25) is 14.5 Å². The number of fused-ring (bicyclic) bond motifs is 1. The summed E-state index contributed by atoms with van der Waals surface area (Å²) in [5.74, 6) is 0.331. The Balaban J connectivity index is 1.87. The summed E-state index contributed by atoms with van der Waals surface area (Å²) in [6.07, 6.45) is 0. The van der Waals surface area contributed by atoms with E-state index in [0.29, 0.717) is 18.0 Å². The maximum atomic E-state index is 13.0. The molecule has 28 heavy (non-hydrogen) atoms. The van der Waals surface area contributed by atoms with Crippen LogP contribution in [0, 0.1) is 6.92 Å². The van der Waals surface area contributed by atoms with Gasteiger partial charge >= 0.3 is 0 Å². The molecule has 1 aliphatic rings. The van der Waals surface area contributed by atoms with Crippen molar-refractivity contribution >= 4 is 23.2 Å². The lowest BCUT2D eigenvalue weighted by Gasteiger charge is -2.32. The van der Waals surface area contributed by atoms with Crippen molar-refractivity contribution in [1.29, 1.82) is 0 Å². The van der Waals surface area contributed by atoms with Crippen LogP contribution in [-0.2, 0) is 15.0 Å². The smallest absolute Gasteiger partial charge is 0.265 e. The summed E-state index contributed by atoms with van der Waals surface area (Å²) in [7, 11) is 0. The van der Waals surface area contributed by atoms with Crippen molar-refractivity contribution in [3.63, 3.8) is 0 Å². The summed E-state index contributed by atoms with van der Waals surface area (Å²) in [6.45, 7) is 10.8. The molecule has 148 valence electrons. The maximum absolute atomic E-state index is 13.0. The van der Waals surface area contributed by atoms with E-state index < -0.39 is 0 Å². The summed E-state index contributed by atoms with van der Waals surface area (Å²) in [5.41, 5.74) is 3.69. The number of amides is 2. The highest BCUT2D eigenvalue weighted by Gasteiger charge is 2.30. The Morgan fingerprint density at radius 3 is 2.57 bits per heavy atom. The SMILES string of the molecule is CCN(C(=O)CN1C(=O)COc2cc(C(C)(C)C)ccc21)c1cccc(C)c1. The van der Waals surface area contributed by atoms with Crippen LogP contribution in [0.4, 0.5) is 11.4 Å². The minimum atomic E-state index is -0.204. The third-order valence-electron chi connectivity index (χ3n) is 4.99. The number of hydrogen-bond acceptors (Lipinski definition) is 3. The number of likely N-dealkylation sites (N-methyl/N-ethyl adjacent to an activating group) is 1. The molecular formula is C23H28N2O3. The average Bonchev–Trinajstić information content (AvgIpc) is 2.63. The quantitative estimate of drug-likeness (QED) is 0.803. The number of benzene rings is 2. The minimum Gasteiger partial charge on any atom is -0.482 e. The normalized spacial score (nSPS) is 13.8. The first-order valence-corrected chi connectivity index (χ1v) is 9.65. The predicted octanol–water partition coefficient (Wildman–Crippen LogP) is 4.07. The van der Waals surface area contributed by atoms with E-state index >= 15 is 0 Å². The molecule has 0 saturated heterocycles. The van der Waals surface area contributed by atoms with Crippen LogP contribution in [0.2, 0.25) is 0 Å². The highest BCUT2D eigenvalue weighted by Crippen LogP contribution is 2.36. The van der Waals surface area contributed by atoms with E-state index in [1.165, 1.54) is 4.90 Å². The van der Waals surface area contributed by atoms with Crippen LogP contribution >= 0.6 is 0 Å². The number of carbonyl (C=O) groups is 2. The second kappa shape index (κ2) is 7.66. The summed E-state index contributed by atoms with van der Waals surface area (Å²) in [4.78, 5) is 28.8. The maximum Gasteiger partial charge on any atom is 0.265 e. The Labute approximate surface area is 166 Å². The lowest BCUT2D eigenvalue weighted by Crippen LogP contribution is -2.46. The third-order valence-corrected chi connectivity index (χ3v) is 4.99.